The predicted octanol–water partition coefficient (Wildman–Crippen LogP) is 1.10. The summed E-state index contributed by atoms with van der Waals surface area (Å²) >= 11 is 0. The third kappa shape index (κ3) is 3.66. The molecule has 0 saturated carbocycles. The molecule has 0 saturated heterocycles. The number of rotatable bonds is 6. The molecule has 5 nitrogen and oxygen atoms in total. The van der Waals surface area contributed by atoms with Crippen LogP contribution in [0.4, 0.5) is 0 Å². The number of amides is 1. The summed E-state index contributed by atoms with van der Waals surface area (Å²) in [4.78, 5) is 11.6. The molecular formula is C14H18N4O. The molecule has 1 aromatic carbocycles. The fourth-order valence-electron chi connectivity index (χ4n) is 1.82. The zero-order chi connectivity index (χ0) is 13.5. The Kier molecular flexibility index (Phi) is 4.69. The van der Waals surface area contributed by atoms with Crippen molar-refractivity contribution in [1.29, 1.82) is 0 Å². The van der Waals surface area contributed by atoms with E-state index in [0.29, 0.717) is 19.5 Å². The number of nitrogens with one attached hydrogen (secondary N) is 2. The minimum atomic E-state index is 0.0459. The molecule has 0 atom stereocenters. The first-order valence-electron chi connectivity index (χ1n) is 6.30. The molecule has 0 aliphatic rings. The van der Waals surface area contributed by atoms with E-state index in [4.69, 9.17) is 0 Å². The Morgan fingerprint density at radius 2 is 2.16 bits per heavy atom. The van der Waals surface area contributed by atoms with Crippen LogP contribution in [0.1, 0.15) is 12.0 Å². The Morgan fingerprint density at radius 3 is 2.89 bits per heavy atom. The number of hydrogen-bond acceptors (Lipinski definition) is 3. The maximum atomic E-state index is 11.6. The molecule has 1 heterocycles. The van der Waals surface area contributed by atoms with Crippen molar-refractivity contribution in [2.45, 2.75) is 13.0 Å². The van der Waals surface area contributed by atoms with Gasteiger partial charge in [-0.15, -0.1) is 0 Å². The van der Waals surface area contributed by atoms with Crippen LogP contribution in [0.3, 0.4) is 0 Å². The lowest BCUT2D eigenvalue weighted by atomic mass is 10.1. The number of carbonyl (C=O) groups is 1. The van der Waals surface area contributed by atoms with Crippen LogP contribution in [0, 0.1) is 0 Å². The Morgan fingerprint density at radius 1 is 1.32 bits per heavy atom. The number of benzene rings is 1. The highest BCUT2D eigenvalue weighted by atomic mass is 16.1. The number of hydrogen-bond donors (Lipinski definition) is 2. The molecule has 0 fully saturated rings. The largest absolute Gasteiger partial charge is 0.352 e. The quantitative estimate of drug-likeness (QED) is 0.815. The van der Waals surface area contributed by atoms with Crippen LogP contribution < -0.4 is 10.6 Å². The standard InChI is InChI=1S/C14H18N4O/c1-15-9-7-14(19)16-11-12-5-2-3-6-13(12)18-10-4-8-17-18/h2-6,8,10,15H,7,9,11H2,1H3,(H,16,19). The summed E-state index contributed by atoms with van der Waals surface area (Å²) in [6, 6.07) is 9.78. The molecule has 100 valence electrons. The lowest BCUT2D eigenvalue weighted by Gasteiger charge is -2.10. The third-order valence-corrected chi connectivity index (χ3v) is 2.82. The molecule has 1 amide bonds. The zero-order valence-electron chi connectivity index (χ0n) is 11.0. The maximum Gasteiger partial charge on any atom is 0.221 e. The molecule has 2 rings (SSSR count). The van der Waals surface area contributed by atoms with Crippen LogP contribution in [-0.4, -0.2) is 29.3 Å². The van der Waals surface area contributed by atoms with E-state index in [2.05, 4.69) is 15.7 Å². The SMILES string of the molecule is CNCCC(=O)NCc1ccccc1-n1cccn1. The fraction of sp³-hybridized carbons (Fsp3) is 0.286. The Balaban J connectivity index is 2.03. The van der Waals surface area contributed by atoms with Gasteiger partial charge >= 0.3 is 0 Å². The first-order chi connectivity index (χ1) is 9.31. The van der Waals surface area contributed by atoms with Gasteiger partial charge in [0.05, 0.1) is 5.69 Å². The van der Waals surface area contributed by atoms with Gasteiger partial charge in [-0.1, -0.05) is 18.2 Å². The van der Waals surface area contributed by atoms with Crippen LogP contribution in [-0.2, 0) is 11.3 Å². The number of para-hydroxylation sites is 1. The summed E-state index contributed by atoms with van der Waals surface area (Å²) in [5, 5.41) is 10.1. The second kappa shape index (κ2) is 6.70. The Bertz CT molecular complexity index is 522. The van der Waals surface area contributed by atoms with E-state index >= 15 is 0 Å². The van der Waals surface area contributed by atoms with E-state index in [1.54, 1.807) is 10.9 Å². The highest BCUT2D eigenvalue weighted by Gasteiger charge is 2.06. The highest BCUT2D eigenvalue weighted by Crippen LogP contribution is 2.12. The van der Waals surface area contributed by atoms with Gasteiger partial charge < -0.3 is 10.6 Å². The second-order valence-corrected chi connectivity index (χ2v) is 4.21. The zero-order valence-corrected chi connectivity index (χ0v) is 11.0. The third-order valence-electron chi connectivity index (χ3n) is 2.82. The van der Waals surface area contributed by atoms with Crippen molar-refractivity contribution in [1.82, 2.24) is 20.4 Å². The van der Waals surface area contributed by atoms with Crippen molar-refractivity contribution in [2.75, 3.05) is 13.6 Å². The van der Waals surface area contributed by atoms with Gasteiger partial charge in [0.15, 0.2) is 0 Å². The van der Waals surface area contributed by atoms with Crippen molar-refractivity contribution in [3.63, 3.8) is 0 Å². The van der Waals surface area contributed by atoms with Gasteiger partial charge in [0.2, 0.25) is 5.91 Å². The fourth-order valence-corrected chi connectivity index (χ4v) is 1.82. The summed E-state index contributed by atoms with van der Waals surface area (Å²) in [6.07, 6.45) is 4.12. The predicted molar refractivity (Wildman–Crippen MR) is 74.0 cm³/mol. The van der Waals surface area contributed by atoms with Gasteiger partial charge in [0, 0.05) is 31.9 Å². The van der Waals surface area contributed by atoms with Gasteiger partial charge in [-0.3, -0.25) is 4.79 Å². The van der Waals surface area contributed by atoms with Crippen molar-refractivity contribution < 1.29 is 4.79 Å². The van der Waals surface area contributed by atoms with Crippen LogP contribution in [0.15, 0.2) is 42.7 Å². The topological polar surface area (TPSA) is 59.0 Å². The van der Waals surface area contributed by atoms with E-state index in [0.717, 1.165) is 11.3 Å². The van der Waals surface area contributed by atoms with Crippen LogP contribution in [0.2, 0.25) is 0 Å². The van der Waals surface area contributed by atoms with E-state index in [1.807, 2.05) is 43.6 Å². The van der Waals surface area contributed by atoms with Crippen LogP contribution in [0.25, 0.3) is 5.69 Å². The molecule has 1 aromatic heterocycles. The van der Waals surface area contributed by atoms with Gasteiger partial charge in [-0.05, 0) is 24.7 Å². The number of carbonyl (C=O) groups excluding carboxylic acids is 1. The van der Waals surface area contributed by atoms with Crippen LogP contribution in [0.5, 0.6) is 0 Å². The molecule has 0 spiro atoms. The molecule has 2 N–H and O–H groups in total. The maximum absolute atomic E-state index is 11.6. The average molecular weight is 258 g/mol. The summed E-state index contributed by atoms with van der Waals surface area (Å²) < 4.78 is 1.80. The molecule has 0 aliphatic heterocycles. The number of nitrogens with zero attached hydrogens (tertiary/aromatic N) is 2. The minimum Gasteiger partial charge on any atom is -0.352 e. The lowest BCUT2D eigenvalue weighted by Crippen LogP contribution is -2.26. The number of aromatic nitrogens is 2. The first kappa shape index (κ1) is 13.3. The molecule has 0 radical (unpaired) electrons. The van der Waals surface area contributed by atoms with E-state index < -0.39 is 0 Å². The van der Waals surface area contributed by atoms with Gasteiger partial charge in [-0.2, -0.15) is 5.10 Å². The molecule has 19 heavy (non-hydrogen) atoms. The average Bonchev–Trinajstić information content (AvgIpc) is 2.97. The Labute approximate surface area is 112 Å². The smallest absolute Gasteiger partial charge is 0.221 e. The van der Waals surface area contributed by atoms with Crippen molar-refractivity contribution >= 4 is 5.91 Å². The van der Waals surface area contributed by atoms with E-state index in [-0.39, 0.29) is 5.91 Å². The van der Waals surface area contributed by atoms with Gasteiger partial charge in [0.25, 0.3) is 0 Å². The Hall–Kier alpha value is -2.14. The van der Waals surface area contributed by atoms with Gasteiger partial charge in [0.1, 0.15) is 0 Å². The summed E-state index contributed by atoms with van der Waals surface area (Å²) in [6.45, 7) is 1.20. The normalized spacial score (nSPS) is 10.4. The summed E-state index contributed by atoms with van der Waals surface area (Å²) in [7, 11) is 1.83. The molecule has 5 heteroatoms. The second-order valence-electron chi connectivity index (χ2n) is 4.21. The first-order valence-corrected chi connectivity index (χ1v) is 6.30. The molecular weight excluding hydrogens is 240 g/mol. The van der Waals surface area contributed by atoms with Gasteiger partial charge in [-0.25, -0.2) is 4.68 Å². The van der Waals surface area contributed by atoms with Crippen molar-refractivity contribution in [3.8, 4) is 5.69 Å². The van der Waals surface area contributed by atoms with E-state index in [9.17, 15) is 4.79 Å². The monoisotopic (exact) mass is 258 g/mol. The highest BCUT2D eigenvalue weighted by molar-refractivity contribution is 5.76. The summed E-state index contributed by atoms with van der Waals surface area (Å²) in [5.41, 5.74) is 2.03. The molecule has 0 bridgehead atoms. The van der Waals surface area contributed by atoms with Crippen molar-refractivity contribution in [2.24, 2.45) is 0 Å². The lowest BCUT2D eigenvalue weighted by molar-refractivity contribution is -0.121. The molecule has 2 aromatic rings. The van der Waals surface area contributed by atoms with Crippen LogP contribution >= 0.6 is 0 Å². The van der Waals surface area contributed by atoms with Crippen molar-refractivity contribution in [3.05, 3.63) is 48.3 Å². The minimum absolute atomic E-state index is 0.0459. The molecule has 0 unspecified atom stereocenters. The van der Waals surface area contributed by atoms with E-state index in [1.165, 1.54) is 0 Å². The summed E-state index contributed by atoms with van der Waals surface area (Å²) in [5.74, 6) is 0.0459. The molecule has 0 aliphatic carbocycles.